The highest BCUT2D eigenvalue weighted by Crippen LogP contribution is 2.31. The summed E-state index contributed by atoms with van der Waals surface area (Å²) in [4.78, 5) is 28.3. The van der Waals surface area contributed by atoms with E-state index in [2.05, 4.69) is 11.2 Å². The Bertz CT molecular complexity index is 1100. The minimum atomic E-state index is -0.466. The van der Waals surface area contributed by atoms with Crippen LogP contribution in [0.5, 0.6) is 0 Å². The number of fused-ring (bicyclic) bond motifs is 1. The third-order valence-corrected chi connectivity index (χ3v) is 6.01. The second-order valence-electron chi connectivity index (χ2n) is 8.02. The van der Waals surface area contributed by atoms with Gasteiger partial charge in [-0.3, -0.25) is 4.79 Å². The number of aliphatic hydroxyl groups excluding tert-OH is 1. The molecule has 0 saturated carbocycles. The summed E-state index contributed by atoms with van der Waals surface area (Å²) in [6.45, 7) is 3.39. The highest BCUT2D eigenvalue weighted by atomic mass is 19.1. The van der Waals surface area contributed by atoms with Crippen molar-refractivity contribution in [1.29, 1.82) is 5.26 Å². The normalized spacial score (nSPS) is 17.7. The highest BCUT2D eigenvalue weighted by molar-refractivity contribution is 5.99. The van der Waals surface area contributed by atoms with E-state index in [-0.39, 0.29) is 18.0 Å². The average molecular weight is 425 g/mol. The molecule has 9 heteroatoms. The number of aromatic nitrogens is 2. The van der Waals surface area contributed by atoms with Crippen molar-refractivity contribution in [2.24, 2.45) is 0 Å². The maximum absolute atomic E-state index is 13.9. The Kier molecular flexibility index (Phi) is 5.74. The van der Waals surface area contributed by atoms with Gasteiger partial charge in [-0.05, 0) is 49.5 Å². The lowest BCUT2D eigenvalue weighted by atomic mass is 9.95. The van der Waals surface area contributed by atoms with E-state index < -0.39 is 5.82 Å². The standard InChI is InChI=1S/C22H24FN5O3/c1-14(29)28-20-3-2-16(23)12-18(20)21(25-28)19(13-24)15-4-8-26(9-5-15)22(31)27-10-6-17(30)7-11-27/h2-3,12,17,30H,4-11H2,1H3. The summed E-state index contributed by atoms with van der Waals surface area (Å²) in [5.74, 6) is -0.788. The number of carbonyl (C=O) groups excluding carboxylic acids is 2. The Labute approximate surface area is 179 Å². The molecule has 0 bridgehead atoms. The fourth-order valence-electron chi connectivity index (χ4n) is 4.29. The number of allylic oxidation sites excluding steroid dienone is 1. The largest absolute Gasteiger partial charge is 0.393 e. The summed E-state index contributed by atoms with van der Waals surface area (Å²) >= 11 is 0. The van der Waals surface area contributed by atoms with E-state index in [1.54, 1.807) is 9.80 Å². The van der Waals surface area contributed by atoms with Gasteiger partial charge >= 0.3 is 6.03 Å². The van der Waals surface area contributed by atoms with E-state index in [1.807, 2.05) is 0 Å². The zero-order valence-corrected chi connectivity index (χ0v) is 17.3. The van der Waals surface area contributed by atoms with Gasteiger partial charge in [-0.1, -0.05) is 0 Å². The van der Waals surface area contributed by atoms with Gasteiger partial charge < -0.3 is 14.9 Å². The number of piperidine rings is 2. The first-order chi connectivity index (χ1) is 14.9. The fraction of sp³-hybridized carbons (Fsp3) is 0.455. The third-order valence-electron chi connectivity index (χ3n) is 6.01. The van der Waals surface area contributed by atoms with Gasteiger partial charge in [-0.25, -0.2) is 9.18 Å². The molecule has 162 valence electrons. The predicted octanol–water partition coefficient (Wildman–Crippen LogP) is 2.79. The van der Waals surface area contributed by atoms with Crippen LogP contribution in [0.15, 0.2) is 23.8 Å². The van der Waals surface area contributed by atoms with Crippen LogP contribution in [-0.4, -0.2) is 68.9 Å². The number of urea groups is 1. The second-order valence-corrected chi connectivity index (χ2v) is 8.02. The SMILES string of the molecule is CC(=O)n1nc(C(C#N)=C2CCN(C(=O)N3CCC(O)CC3)CC2)c2cc(F)ccc21. The number of nitriles is 1. The number of hydrogen-bond acceptors (Lipinski definition) is 5. The van der Waals surface area contributed by atoms with Crippen molar-refractivity contribution in [1.82, 2.24) is 19.6 Å². The lowest BCUT2D eigenvalue weighted by Crippen LogP contribution is -2.49. The minimum absolute atomic E-state index is 0.0437. The molecule has 0 unspecified atom stereocenters. The van der Waals surface area contributed by atoms with Gasteiger partial charge in [0.1, 0.15) is 17.6 Å². The monoisotopic (exact) mass is 425 g/mol. The molecule has 4 rings (SSSR count). The summed E-state index contributed by atoms with van der Waals surface area (Å²) in [7, 11) is 0. The van der Waals surface area contributed by atoms with Crippen LogP contribution in [0.2, 0.25) is 0 Å². The Morgan fingerprint density at radius 2 is 1.81 bits per heavy atom. The lowest BCUT2D eigenvalue weighted by Gasteiger charge is -2.36. The molecule has 2 aromatic rings. The zero-order chi connectivity index (χ0) is 22.1. The quantitative estimate of drug-likeness (QED) is 0.708. The van der Waals surface area contributed by atoms with Crippen LogP contribution in [0.25, 0.3) is 16.5 Å². The maximum atomic E-state index is 13.9. The zero-order valence-electron chi connectivity index (χ0n) is 17.3. The molecule has 2 fully saturated rings. The molecule has 2 aliphatic heterocycles. The van der Waals surface area contributed by atoms with E-state index in [0.717, 1.165) is 5.57 Å². The Morgan fingerprint density at radius 3 is 2.42 bits per heavy atom. The van der Waals surface area contributed by atoms with Gasteiger partial charge in [0, 0.05) is 38.5 Å². The molecule has 2 aliphatic rings. The third kappa shape index (κ3) is 4.03. The van der Waals surface area contributed by atoms with Gasteiger partial charge in [0.2, 0.25) is 5.91 Å². The smallest absolute Gasteiger partial charge is 0.320 e. The topological polar surface area (TPSA) is 102 Å². The summed E-state index contributed by atoms with van der Waals surface area (Å²) in [5, 5.41) is 24.2. The summed E-state index contributed by atoms with van der Waals surface area (Å²) in [6, 6.07) is 6.18. The van der Waals surface area contributed by atoms with Crippen molar-refractivity contribution in [2.45, 2.75) is 38.7 Å². The van der Waals surface area contributed by atoms with Crippen molar-refractivity contribution < 1.29 is 19.1 Å². The van der Waals surface area contributed by atoms with Gasteiger partial charge in [0.25, 0.3) is 0 Å². The molecule has 0 aliphatic carbocycles. The Hall–Kier alpha value is -3.25. The molecule has 2 saturated heterocycles. The van der Waals surface area contributed by atoms with Crippen molar-refractivity contribution >= 4 is 28.4 Å². The van der Waals surface area contributed by atoms with Crippen molar-refractivity contribution in [3.8, 4) is 6.07 Å². The van der Waals surface area contributed by atoms with Crippen LogP contribution in [0.3, 0.4) is 0 Å². The second kappa shape index (κ2) is 8.47. The summed E-state index contributed by atoms with van der Waals surface area (Å²) < 4.78 is 15.1. The summed E-state index contributed by atoms with van der Waals surface area (Å²) in [6.07, 6.45) is 1.86. The van der Waals surface area contributed by atoms with Crippen molar-refractivity contribution in [3.05, 3.63) is 35.3 Å². The van der Waals surface area contributed by atoms with Crippen LogP contribution in [0.4, 0.5) is 9.18 Å². The highest BCUT2D eigenvalue weighted by Gasteiger charge is 2.29. The number of benzene rings is 1. The Morgan fingerprint density at radius 1 is 1.16 bits per heavy atom. The molecule has 2 amide bonds. The molecule has 3 heterocycles. The Balaban J connectivity index is 1.59. The number of rotatable bonds is 1. The fourth-order valence-corrected chi connectivity index (χ4v) is 4.29. The van der Waals surface area contributed by atoms with Crippen LogP contribution >= 0.6 is 0 Å². The molecule has 0 spiro atoms. The molecule has 1 aromatic heterocycles. The van der Waals surface area contributed by atoms with Crippen molar-refractivity contribution in [2.75, 3.05) is 26.2 Å². The van der Waals surface area contributed by atoms with Crippen LogP contribution in [0, 0.1) is 17.1 Å². The van der Waals surface area contributed by atoms with E-state index in [1.165, 1.54) is 29.8 Å². The lowest BCUT2D eigenvalue weighted by molar-refractivity contribution is 0.0803. The molecule has 31 heavy (non-hydrogen) atoms. The van der Waals surface area contributed by atoms with E-state index in [9.17, 15) is 24.3 Å². The number of nitrogens with zero attached hydrogens (tertiary/aromatic N) is 5. The molecule has 0 atom stereocenters. The van der Waals surface area contributed by atoms with Crippen molar-refractivity contribution in [3.63, 3.8) is 0 Å². The number of hydrogen-bond donors (Lipinski definition) is 1. The molecular formula is C22H24FN5O3. The molecule has 8 nitrogen and oxygen atoms in total. The van der Waals surface area contributed by atoms with E-state index in [0.29, 0.717) is 74.0 Å². The molecule has 0 radical (unpaired) electrons. The number of carbonyl (C=O) groups is 2. The number of aliphatic hydroxyl groups is 1. The number of likely N-dealkylation sites (tertiary alicyclic amines) is 2. The molecule has 1 aromatic carbocycles. The van der Waals surface area contributed by atoms with E-state index in [4.69, 9.17) is 0 Å². The van der Waals surface area contributed by atoms with Gasteiger partial charge in [-0.15, -0.1) is 0 Å². The number of amides is 2. The van der Waals surface area contributed by atoms with Gasteiger partial charge in [-0.2, -0.15) is 15.0 Å². The first-order valence-corrected chi connectivity index (χ1v) is 10.4. The van der Waals surface area contributed by atoms with Crippen LogP contribution < -0.4 is 0 Å². The first kappa shape index (κ1) is 21.0. The first-order valence-electron chi connectivity index (χ1n) is 10.4. The van der Waals surface area contributed by atoms with E-state index >= 15 is 0 Å². The minimum Gasteiger partial charge on any atom is -0.393 e. The molecular weight excluding hydrogens is 401 g/mol. The molecule has 1 N–H and O–H groups in total. The predicted molar refractivity (Wildman–Crippen MR) is 112 cm³/mol. The maximum Gasteiger partial charge on any atom is 0.320 e. The van der Waals surface area contributed by atoms with Gasteiger partial charge in [0.15, 0.2) is 0 Å². The average Bonchev–Trinajstić information content (AvgIpc) is 3.14. The van der Waals surface area contributed by atoms with Crippen LogP contribution in [-0.2, 0) is 0 Å². The van der Waals surface area contributed by atoms with Gasteiger partial charge in [0.05, 0.1) is 17.2 Å². The summed E-state index contributed by atoms with van der Waals surface area (Å²) in [5.41, 5.74) is 1.94. The number of halogens is 1. The van der Waals surface area contributed by atoms with Crippen LogP contribution in [0.1, 0.15) is 43.1 Å².